The molecular weight excluding hydrogens is 342 g/mol. The number of rotatable bonds is 5. The average Bonchev–Trinajstić information content (AvgIpc) is 3.33. The van der Waals surface area contributed by atoms with Crippen LogP contribution in [0.15, 0.2) is 5.16 Å². The van der Waals surface area contributed by atoms with Crippen molar-refractivity contribution in [3.63, 3.8) is 0 Å². The first-order valence-electron chi connectivity index (χ1n) is 7.72. The van der Waals surface area contributed by atoms with Crippen molar-refractivity contribution in [3.8, 4) is 6.07 Å². The number of nitrogens with two attached hydrogens (primary N) is 1. The lowest BCUT2D eigenvalue weighted by Crippen LogP contribution is -2.47. The number of carbonyl (C=O) groups is 1. The van der Waals surface area contributed by atoms with Gasteiger partial charge < -0.3 is 11.1 Å². The highest BCUT2D eigenvalue weighted by atomic mass is 32.2. The topological polar surface area (TPSA) is 105 Å². The predicted molar refractivity (Wildman–Crippen MR) is 96.9 cm³/mol. The molecule has 0 aromatic carbocycles. The molecule has 2 aromatic rings. The molecule has 1 atom stereocenters. The van der Waals surface area contributed by atoms with Gasteiger partial charge in [-0.3, -0.25) is 4.79 Å². The summed E-state index contributed by atoms with van der Waals surface area (Å²) in [6, 6.07) is 2.22. The van der Waals surface area contributed by atoms with Gasteiger partial charge in [0, 0.05) is 4.88 Å². The molecule has 1 fully saturated rings. The van der Waals surface area contributed by atoms with E-state index in [9.17, 15) is 10.1 Å². The molecule has 1 amide bonds. The molecule has 6 nitrogen and oxygen atoms in total. The quantitative estimate of drug-likeness (QED) is 0.627. The highest BCUT2D eigenvalue weighted by Gasteiger charge is 2.42. The van der Waals surface area contributed by atoms with Gasteiger partial charge in [0.2, 0.25) is 5.91 Å². The fourth-order valence-corrected chi connectivity index (χ4v) is 4.41. The predicted octanol–water partition coefficient (Wildman–Crippen LogP) is 2.79. The summed E-state index contributed by atoms with van der Waals surface area (Å²) in [7, 11) is 0. The summed E-state index contributed by atoms with van der Waals surface area (Å²) in [6.07, 6.45) is 1.98. The minimum Gasteiger partial charge on any atom is -0.383 e. The Morgan fingerprint density at radius 2 is 2.21 bits per heavy atom. The smallest absolute Gasteiger partial charge is 0.231 e. The van der Waals surface area contributed by atoms with Crippen molar-refractivity contribution in [3.05, 3.63) is 10.4 Å². The number of aryl methyl sites for hydroxylation is 2. The van der Waals surface area contributed by atoms with E-state index in [-0.39, 0.29) is 17.6 Å². The van der Waals surface area contributed by atoms with Crippen molar-refractivity contribution in [1.82, 2.24) is 15.3 Å². The van der Waals surface area contributed by atoms with Crippen molar-refractivity contribution in [2.24, 2.45) is 5.92 Å². The first-order chi connectivity index (χ1) is 11.3. The number of anilines is 1. The Balaban J connectivity index is 1.69. The Morgan fingerprint density at radius 3 is 2.83 bits per heavy atom. The lowest BCUT2D eigenvalue weighted by molar-refractivity contribution is -0.119. The number of fused-ring (bicyclic) bond motifs is 1. The summed E-state index contributed by atoms with van der Waals surface area (Å²) in [5.41, 5.74) is 6.38. The van der Waals surface area contributed by atoms with E-state index in [0.29, 0.717) is 11.0 Å². The van der Waals surface area contributed by atoms with Crippen LogP contribution in [0.1, 0.15) is 30.2 Å². The van der Waals surface area contributed by atoms with Crippen molar-refractivity contribution in [2.75, 3.05) is 11.5 Å². The SMILES string of the molecule is Cc1sc2nc(SCC(=O)NC(C)(C#N)C3CC3)nc(N)c2c1C. The molecule has 0 radical (unpaired) electrons. The minimum atomic E-state index is -0.774. The Bertz CT molecular complexity index is 852. The number of amides is 1. The van der Waals surface area contributed by atoms with Crippen LogP contribution < -0.4 is 11.1 Å². The van der Waals surface area contributed by atoms with Crippen molar-refractivity contribution < 1.29 is 4.79 Å². The van der Waals surface area contributed by atoms with E-state index < -0.39 is 5.54 Å². The number of hydrogen-bond acceptors (Lipinski definition) is 7. The molecule has 2 heterocycles. The molecule has 24 heavy (non-hydrogen) atoms. The van der Waals surface area contributed by atoms with Gasteiger partial charge in [-0.2, -0.15) is 5.26 Å². The number of carbonyl (C=O) groups excluding carboxylic acids is 1. The van der Waals surface area contributed by atoms with Gasteiger partial charge in [0.1, 0.15) is 16.2 Å². The Labute approximate surface area is 148 Å². The second-order valence-electron chi connectivity index (χ2n) is 6.28. The summed E-state index contributed by atoms with van der Waals surface area (Å²) < 4.78 is 0. The first-order valence-corrected chi connectivity index (χ1v) is 9.52. The molecular formula is C16H19N5OS2. The van der Waals surface area contributed by atoms with Crippen molar-refractivity contribution in [2.45, 2.75) is 44.3 Å². The number of thiophene rings is 1. The average molecular weight is 361 g/mol. The van der Waals surface area contributed by atoms with Gasteiger partial charge in [-0.05, 0) is 45.1 Å². The Morgan fingerprint density at radius 1 is 1.50 bits per heavy atom. The van der Waals surface area contributed by atoms with Gasteiger partial charge in [0.15, 0.2) is 5.16 Å². The van der Waals surface area contributed by atoms with Crippen LogP contribution in [0.3, 0.4) is 0 Å². The molecule has 1 saturated carbocycles. The zero-order chi connectivity index (χ0) is 17.5. The summed E-state index contributed by atoms with van der Waals surface area (Å²) in [5.74, 6) is 0.691. The number of nitrogen functional groups attached to an aromatic ring is 1. The fourth-order valence-electron chi connectivity index (χ4n) is 2.66. The second-order valence-corrected chi connectivity index (χ2v) is 8.43. The van der Waals surface area contributed by atoms with E-state index in [1.807, 2.05) is 13.8 Å². The lowest BCUT2D eigenvalue weighted by atomic mass is 9.98. The third kappa shape index (κ3) is 3.19. The van der Waals surface area contributed by atoms with Crippen LogP contribution in [0.25, 0.3) is 10.2 Å². The lowest BCUT2D eigenvalue weighted by Gasteiger charge is -2.22. The van der Waals surface area contributed by atoms with Crippen LogP contribution in [-0.4, -0.2) is 27.2 Å². The Hall–Kier alpha value is -1.85. The monoisotopic (exact) mass is 361 g/mol. The molecule has 126 valence electrons. The molecule has 1 aliphatic carbocycles. The summed E-state index contributed by atoms with van der Waals surface area (Å²) in [5, 5.41) is 13.5. The highest BCUT2D eigenvalue weighted by molar-refractivity contribution is 7.99. The van der Waals surface area contributed by atoms with Gasteiger partial charge in [0.05, 0.1) is 17.2 Å². The van der Waals surface area contributed by atoms with Crippen LogP contribution in [0.4, 0.5) is 5.82 Å². The maximum Gasteiger partial charge on any atom is 0.231 e. The van der Waals surface area contributed by atoms with Gasteiger partial charge in [-0.25, -0.2) is 9.97 Å². The summed E-state index contributed by atoms with van der Waals surface area (Å²) >= 11 is 2.82. The van der Waals surface area contributed by atoms with E-state index in [1.165, 1.54) is 16.6 Å². The molecule has 0 spiro atoms. The fraction of sp³-hybridized carbons (Fsp3) is 0.500. The third-order valence-corrected chi connectivity index (χ3v) is 6.34. The van der Waals surface area contributed by atoms with Crippen LogP contribution in [-0.2, 0) is 4.79 Å². The molecule has 0 aliphatic heterocycles. The number of nitrogens with one attached hydrogen (secondary N) is 1. The van der Waals surface area contributed by atoms with Gasteiger partial charge >= 0.3 is 0 Å². The zero-order valence-corrected chi connectivity index (χ0v) is 15.5. The van der Waals surface area contributed by atoms with E-state index >= 15 is 0 Å². The van der Waals surface area contributed by atoms with E-state index in [0.717, 1.165) is 28.6 Å². The van der Waals surface area contributed by atoms with Crippen LogP contribution >= 0.6 is 23.1 Å². The van der Waals surface area contributed by atoms with Crippen LogP contribution in [0.2, 0.25) is 0 Å². The minimum absolute atomic E-state index is 0.165. The molecule has 2 aromatic heterocycles. The normalized spacial score (nSPS) is 16.6. The largest absolute Gasteiger partial charge is 0.383 e. The molecule has 0 bridgehead atoms. The molecule has 0 saturated heterocycles. The highest BCUT2D eigenvalue weighted by Crippen LogP contribution is 2.39. The Kier molecular flexibility index (Phi) is 4.40. The van der Waals surface area contributed by atoms with E-state index in [4.69, 9.17) is 5.73 Å². The molecule has 3 rings (SSSR count). The standard InChI is InChI=1S/C16H19N5OS2/c1-8-9(2)24-14-12(8)13(18)19-15(20-14)23-6-11(22)21-16(3,7-17)10-4-5-10/h10H,4-6H2,1-3H3,(H,21,22)(H2,18,19,20). The maximum atomic E-state index is 12.2. The van der Waals surface area contributed by atoms with Crippen LogP contribution in [0, 0.1) is 31.1 Å². The molecule has 1 unspecified atom stereocenters. The summed E-state index contributed by atoms with van der Waals surface area (Å²) in [4.78, 5) is 23.0. The van der Waals surface area contributed by atoms with Gasteiger partial charge in [-0.15, -0.1) is 11.3 Å². The van der Waals surface area contributed by atoms with Gasteiger partial charge in [0.25, 0.3) is 0 Å². The molecule has 8 heteroatoms. The number of hydrogen-bond donors (Lipinski definition) is 2. The van der Waals surface area contributed by atoms with Crippen molar-refractivity contribution >= 4 is 45.0 Å². The molecule has 1 aliphatic rings. The second kappa shape index (κ2) is 6.22. The molecule has 3 N–H and O–H groups in total. The zero-order valence-electron chi connectivity index (χ0n) is 13.8. The summed E-state index contributed by atoms with van der Waals surface area (Å²) in [6.45, 7) is 5.82. The van der Waals surface area contributed by atoms with E-state index in [2.05, 4.69) is 21.4 Å². The first kappa shape index (κ1) is 17.0. The number of nitrogens with zero attached hydrogens (tertiary/aromatic N) is 3. The number of thioether (sulfide) groups is 1. The third-order valence-electron chi connectivity index (χ3n) is 4.39. The van der Waals surface area contributed by atoms with Crippen LogP contribution in [0.5, 0.6) is 0 Å². The maximum absolute atomic E-state index is 12.2. The number of nitriles is 1. The van der Waals surface area contributed by atoms with E-state index in [1.54, 1.807) is 18.3 Å². The number of aromatic nitrogens is 2. The van der Waals surface area contributed by atoms with Gasteiger partial charge in [-0.1, -0.05) is 11.8 Å². The van der Waals surface area contributed by atoms with Crippen molar-refractivity contribution in [1.29, 1.82) is 5.26 Å².